The van der Waals surface area contributed by atoms with Gasteiger partial charge in [-0.15, -0.1) is 11.3 Å². The van der Waals surface area contributed by atoms with Crippen LogP contribution in [0.5, 0.6) is 0 Å². The van der Waals surface area contributed by atoms with E-state index < -0.39 is 29.9 Å². The van der Waals surface area contributed by atoms with E-state index in [1.54, 1.807) is 17.2 Å². The maximum absolute atomic E-state index is 13.6. The highest BCUT2D eigenvalue weighted by Gasteiger charge is 2.60. The highest BCUT2D eigenvalue weighted by atomic mass is 32.1. The Morgan fingerprint density at radius 1 is 1.00 bits per heavy atom. The molecule has 0 spiro atoms. The van der Waals surface area contributed by atoms with Crippen molar-refractivity contribution in [2.75, 3.05) is 17.1 Å². The van der Waals surface area contributed by atoms with Crippen LogP contribution in [0.25, 0.3) is 0 Å². The molecule has 0 bridgehead atoms. The molecule has 5 rings (SSSR count). The van der Waals surface area contributed by atoms with Crippen LogP contribution < -0.4 is 9.96 Å². The van der Waals surface area contributed by atoms with Gasteiger partial charge in [0.15, 0.2) is 6.10 Å². The minimum Gasteiger partial charge on any atom is -0.465 e. The molecule has 2 aliphatic rings. The third kappa shape index (κ3) is 3.11. The van der Waals surface area contributed by atoms with Crippen molar-refractivity contribution in [1.82, 2.24) is 0 Å². The van der Waals surface area contributed by atoms with Crippen LogP contribution in [-0.4, -0.2) is 31.0 Å². The Morgan fingerprint density at radius 3 is 2.41 bits per heavy atom. The van der Waals surface area contributed by atoms with Crippen molar-refractivity contribution in [2.24, 2.45) is 5.92 Å². The lowest BCUT2D eigenvalue weighted by molar-refractivity contribution is -0.126. The number of carbonyl (C=O) groups is 3. The second kappa shape index (κ2) is 7.89. The lowest BCUT2D eigenvalue weighted by atomic mass is 9.95. The fourth-order valence-electron chi connectivity index (χ4n) is 4.30. The predicted octanol–water partition coefficient (Wildman–Crippen LogP) is 3.89. The lowest BCUT2D eigenvalue weighted by Crippen LogP contribution is -2.37. The molecule has 3 heterocycles. The fourth-order valence-corrected chi connectivity index (χ4v) is 5.15. The van der Waals surface area contributed by atoms with E-state index in [-0.39, 0.29) is 5.91 Å². The van der Waals surface area contributed by atoms with Crippen LogP contribution in [0.1, 0.15) is 26.8 Å². The van der Waals surface area contributed by atoms with Gasteiger partial charge >= 0.3 is 5.97 Å². The van der Waals surface area contributed by atoms with Crippen LogP contribution in [-0.2, 0) is 19.2 Å². The molecule has 3 atom stereocenters. The number of para-hydroxylation sites is 1. The molecular formula is C24H20N2O5S. The molecule has 3 aromatic rings. The Bertz CT molecular complexity index is 1190. The topological polar surface area (TPSA) is 76.2 Å². The fraction of sp³-hybridized carbons (Fsp3) is 0.208. The largest absolute Gasteiger partial charge is 0.465 e. The molecular weight excluding hydrogens is 428 g/mol. The third-order valence-electron chi connectivity index (χ3n) is 5.85. The van der Waals surface area contributed by atoms with Crippen LogP contribution in [0.15, 0.2) is 66.0 Å². The zero-order chi connectivity index (χ0) is 22.4. The number of anilines is 2. The first kappa shape index (κ1) is 20.4. The standard InChI is InChI=1S/C24H20N2O5S/c1-14-6-3-4-7-17(14)26-20(18-8-5-13-32-18)19-21(31-26)23(28)25(22(19)27)16-11-9-15(10-12-16)24(29)30-2/h3-13,19-21H,1-2H3/t19-,20-,21+/m0/s1. The van der Waals surface area contributed by atoms with Crippen LogP contribution >= 0.6 is 11.3 Å². The molecule has 7 nitrogen and oxygen atoms in total. The molecule has 2 saturated heterocycles. The van der Waals surface area contributed by atoms with Crippen LogP contribution in [0.3, 0.4) is 0 Å². The Balaban J connectivity index is 1.52. The summed E-state index contributed by atoms with van der Waals surface area (Å²) in [5, 5.41) is 3.66. The van der Waals surface area contributed by atoms with Gasteiger partial charge in [-0.2, -0.15) is 0 Å². The number of imide groups is 1. The number of fused-ring (bicyclic) bond motifs is 1. The quantitative estimate of drug-likeness (QED) is 0.445. The van der Waals surface area contributed by atoms with Gasteiger partial charge in [0, 0.05) is 4.88 Å². The molecule has 2 aromatic carbocycles. The number of esters is 1. The van der Waals surface area contributed by atoms with Gasteiger partial charge in [0.1, 0.15) is 12.0 Å². The number of nitrogens with zero attached hydrogens (tertiary/aromatic N) is 2. The number of methoxy groups -OCH3 is 1. The molecule has 0 N–H and O–H groups in total. The second-order valence-electron chi connectivity index (χ2n) is 7.67. The summed E-state index contributed by atoms with van der Waals surface area (Å²) >= 11 is 1.53. The zero-order valence-electron chi connectivity index (χ0n) is 17.4. The Labute approximate surface area is 188 Å². The first-order chi connectivity index (χ1) is 15.5. The summed E-state index contributed by atoms with van der Waals surface area (Å²) in [5.74, 6) is -1.90. The summed E-state index contributed by atoms with van der Waals surface area (Å²) in [5.41, 5.74) is 2.56. The summed E-state index contributed by atoms with van der Waals surface area (Å²) in [6, 6.07) is 17.4. The minimum atomic E-state index is -0.922. The van der Waals surface area contributed by atoms with Gasteiger partial charge in [0.05, 0.1) is 24.0 Å². The van der Waals surface area contributed by atoms with Crippen molar-refractivity contribution in [3.05, 3.63) is 82.0 Å². The summed E-state index contributed by atoms with van der Waals surface area (Å²) in [7, 11) is 1.30. The summed E-state index contributed by atoms with van der Waals surface area (Å²) in [6.45, 7) is 1.97. The van der Waals surface area contributed by atoms with Crippen molar-refractivity contribution >= 4 is 40.5 Å². The maximum atomic E-state index is 13.6. The highest BCUT2D eigenvalue weighted by Crippen LogP contribution is 2.49. The van der Waals surface area contributed by atoms with Crippen LogP contribution in [0, 0.1) is 12.8 Å². The summed E-state index contributed by atoms with van der Waals surface area (Å²) in [6.07, 6.45) is -0.922. The van der Waals surface area contributed by atoms with Crippen molar-refractivity contribution < 1.29 is 24.0 Å². The molecule has 32 heavy (non-hydrogen) atoms. The maximum Gasteiger partial charge on any atom is 0.337 e. The van der Waals surface area contributed by atoms with E-state index in [0.29, 0.717) is 11.3 Å². The Kier molecular flexibility index (Phi) is 5.03. The average molecular weight is 449 g/mol. The molecule has 162 valence electrons. The first-order valence-electron chi connectivity index (χ1n) is 10.1. The van der Waals surface area contributed by atoms with Gasteiger partial charge in [-0.1, -0.05) is 24.3 Å². The molecule has 1 aromatic heterocycles. The molecule has 8 heteroatoms. The Morgan fingerprint density at radius 2 is 1.75 bits per heavy atom. The predicted molar refractivity (Wildman–Crippen MR) is 119 cm³/mol. The average Bonchev–Trinajstić information content (AvgIpc) is 3.51. The number of rotatable bonds is 4. The van der Waals surface area contributed by atoms with E-state index in [2.05, 4.69) is 0 Å². The second-order valence-corrected chi connectivity index (χ2v) is 8.65. The van der Waals surface area contributed by atoms with Crippen LogP contribution in [0.4, 0.5) is 11.4 Å². The molecule has 2 fully saturated rings. The number of hydroxylamine groups is 1. The number of hydrogen-bond acceptors (Lipinski definition) is 7. The van der Waals surface area contributed by atoms with Gasteiger partial charge < -0.3 is 4.74 Å². The van der Waals surface area contributed by atoms with E-state index in [4.69, 9.17) is 9.57 Å². The van der Waals surface area contributed by atoms with Crippen molar-refractivity contribution in [2.45, 2.75) is 19.1 Å². The van der Waals surface area contributed by atoms with Gasteiger partial charge in [0.2, 0.25) is 5.91 Å². The Hall–Kier alpha value is -3.49. The third-order valence-corrected chi connectivity index (χ3v) is 6.79. The van der Waals surface area contributed by atoms with Gasteiger partial charge in [-0.25, -0.2) is 14.8 Å². The number of benzene rings is 2. The number of amides is 2. The van der Waals surface area contributed by atoms with Crippen molar-refractivity contribution in [3.8, 4) is 0 Å². The first-order valence-corrected chi connectivity index (χ1v) is 11.0. The lowest BCUT2D eigenvalue weighted by Gasteiger charge is -2.29. The minimum absolute atomic E-state index is 0.319. The molecule has 0 unspecified atom stereocenters. The number of thiophene rings is 1. The van der Waals surface area contributed by atoms with Crippen molar-refractivity contribution in [3.63, 3.8) is 0 Å². The highest BCUT2D eigenvalue weighted by molar-refractivity contribution is 7.10. The molecule has 0 saturated carbocycles. The van der Waals surface area contributed by atoms with E-state index in [1.807, 2.05) is 48.7 Å². The number of aryl methyl sites for hydroxylation is 1. The van der Waals surface area contributed by atoms with Crippen molar-refractivity contribution in [1.29, 1.82) is 0 Å². The van der Waals surface area contributed by atoms with E-state index >= 15 is 0 Å². The summed E-state index contributed by atoms with van der Waals surface area (Å²) in [4.78, 5) is 46.8. The monoisotopic (exact) mass is 448 g/mol. The SMILES string of the molecule is COC(=O)c1ccc(N2C(=O)[C@@H]3[C@@H](ON(c4ccccc4C)[C@H]3c3cccs3)C2=O)cc1. The molecule has 2 aliphatic heterocycles. The number of hydrogen-bond donors (Lipinski definition) is 0. The number of carbonyl (C=O) groups excluding carboxylic acids is 3. The van der Waals surface area contributed by atoms with E-state index in [0.717, 1.165) is 21.0 Å². The normalized spacial score (nSPS) is 22.4. The van der Waals surface area contributed by atoms with Gasteiger partial charge in [0.25, 0.3) is 5.91 Å². The van der Waals surface area contributed by atoms with E-state index in [1.165, 1.54) is 30.6 Å². The van der Waals surface area contributed by atoms with Crippen LogP contribution in [0.2, 0.25) is 0 Å². The van der Waals surface area contributed by atoms with Gasteiger partial charge in [-0.05, 0) is 54.3 Å². The zero-order valence-corrected chi connectivity index (χ0v) is 18.2. The van der Waals surface area contributed by atoms with Gasteiger partial charge in [-0.3, -0.25) is 14.4 Å². The van der Waals surface area contributed by atoms with E-state index in [9.17, 15) is 14.4 Å². The smallest absolute Gasteiger partial charge is 0.337 e. The molecule has 0 radical (unpaired) electrons. The number of ether oxygens (including phenoxy) is 1. The summed E-state index contributed by atoms with van der Waals surface area (Å²) < 4.78 is 4.71. The molecule has 2 amide bonds. The molecule has 0 aliphatic carbocycles.